The molecule has 2 nitrogen and oxygen atoms in total. The smallest absolute Gasteiger partial charge is 0.0616 e. The number of hydrogen-bond acceptors (Lipinski definition) is 2. The molecule has 1 fully saturated rings. The molecule has 0 aliphatic carbocycles. The van der Waals surface area contributed by atoms with Crippen molar-refractivity contribution in [1.29, 1.82) is 0 Å². The summed E-state index contributed by atoms with van der Waals surface area (Å²) < 4.78 is 5.73. The lowest BCUT2D eigenvalue weighted by Crippen LogP contribution is -2.40. The summed E-state index contributed by atoms with van der Waals surface area (Å²) >= 11 is 0. The van der Waals surface area contributed by atoms with E-state index in [2.05, 4.69) is 33.0 Å². The summed E-state index contributed by atoms with van der Waals surface area (Å²) in [6.07, 6.45) is 2.92. The fourth-order valence-corrected chi connectivity index (χ4v) is 2.58. The van der Waals surface area contributed by atoms with Crippen molar-refractivity contribution < 1.29 is 4.74 Å². The Morgan fingerprint density at radius 1 is 1.50 bits per heavy atom. The minimum atomic E-state index is 0.393. The topological polar surface area (TPSA) is 21.3 Å². The van der Waals surface area contributed by atoms with E-state index >= 15 is 0 Å². The zero-order chi connectivity index (χ0) is 10.6. The highest BCUT2D eigenvalue weighted by Gasteiger charge is 2.41. The molecule has 1 aliphatic heterocycles. The zero-order valence-electron chi connectivity index (χ0n) is 10.1. The summed E-state index contributed by atoms with van der Waals surface area (Å²) in [7, 11) is 0. The SMILES string of the molecule is CCNCC1(CC(C)C)CCOC1C. The Kier molecular flexibility index (Phi) is 4.39. The first-order chi connectivity index (χ1) is 6.60. The van der Waals surface area contributed by atoms with E-state index in [0.717, 1.165) is 25.6 Å². The number of hydrogen-bond donors (Lipinski definition) is 1. The van der Waals surface area contributed by atoms with Crippen molar-refractivity contribution in [2.75, 3.05) is 19.7 Å². The summed E-state index contributed by atoms with van der Waals surface area (Å²) in [5.41, 5.74) is 0.393. The molecule has 0 aromatic carbocycles. The van der Waals surface area contributed by atoms with E-state index in [1.165, 1.54) is 12.8 Å². The van der Waals surface area contributed by atoms with Crippen LogP contribution in [0.2, 0.25) is 0 Å². The Hall–Kier alpha value is -0.0800. The van der Waals surface area contributed by atoms with Crippen LogP contribution in [0.5, 0.6) is 0 Å². The van der Waals surface area contributed by atoms with Crippen LogP contribution in [-0.4, -0.2) is 25.8 Å². The molecule has 0 aromatic heterocycles. The van der Waals surface area contributed by atoms with Crippen LogP contribution in [0, 0.1) is 11.3 Å². The molecule has 2 heteroatoms. The predicted molar refractivity (Wildman–Crippen MR) is 60.5 cm³/mol. The highest BCUT2D eigenvalue weighted by atomic mass is 16.5. The Morgan fingerprint density at radius 2 is 2.21 bits per heavy atom. The Bertz CT molecular complexity index is 170. The van der Waals surface area contributed by atoms with E-state index in [-0.39, 0.29) is 0 Å². The molecular weight excluding hydrogens is 174 g/mol. The summed E-state index contributed by atoms with van der Waals surface area (Å²) in [4.78, 5) is 0. The normalized spacial score (nSPS) is 32.8. The zero-order valence-corrected chi connectivity index (χ0v) is 10.1. The monoisotopic (exact) mass is 199 g/mol. The molecule has 0 bridgehead atoms. The van der Waals surface area contributed by atoms with Gasteiger partial charge < -0.3 is 10.1 Å². The highest BCUT2D eigenvalue weighted by Crippen LogP contribution is 2.39. The van der Waals surface area contributed by atoms with E-state index in [1.54, 1.807) is 0 Å². The van der Waals surface area contributed by atoms with Crippen molar-refractivity contribution in [3.63, 3.8) is 0 Å². The van der Waals surface area contributed by atoms with Gasteiger partial charge in [-0.1, -0.05) is 20.8 Å². The minimum Gasteiger partial charge on any atom is -0.378 e. The second kappa shape index (κ2) is 5.13. The number of nitrogens with one attached hydrogen (secondary N) is 1. The molecule has 0 amide bonds. The fraction of sp³-hybridized carbons (Fsp3) is 1.00. The lowest BCUT2D eigenvalue weighted by molar-refractivity contribution is 0.0520. The molecule has 84 valence electrons. The van der Waals surface area contributed by atoms with Gasteiger partial charge in [0.1, 0.15) is 0 Å². The van der Waals surface area contributed by atoms with Gasteiger partial charge in [-0.15, -0.1) is 0 Å². The maximum Gasteiger partial charge on any atom is 0.0616 e. The van der Waals surface area contributed by atoms with Crippen molar-refractivity contribution in [2.24, 2.45) is 11.3 Å². The maximum absolute atomic E-state index is 5.73. The number of rotatable bonds is 5. The molecule has 0 aromatic rings. The standard InChI is InChI=1S/C12H25NO/c1-5-13-9-12(8-10(2)3)6-7-14-11(12)4/h10-11,13H,5-9H2,1-4H3. The average Bonchev–Trinajstić information content (AvgIpc) is 2.44. The van der Waals surface area contributed by atoms with E-state index in [4.69, 9.17) is 4.74 Å². The second-order valence-corrected chi connectivity index (χ2v) is 5.00. The van der Waals surface area contributed by atoms with Crippen molar-refractivity contribution in [2.45, 2.75) is 46.6 Å². The summed E-state index contributed by atoms with van der Waals surface area (Å²) in [6, 6.07) is 0. The molecule has 0 radical (unpaired) electrons. The molecule has 14 heavy (non-hydrogen) atoms. The summed E-state index contributed by atoms with van der Waals surface area (Å²) in [5.74, 6) is 0.762. The van der Waals surface area contributed by atoms with Crippen molar-refractivity contribution in [1.82, 2.24) is 5.32 Å². The van der Waals surface area contributed by atoms with Crippen LogP contribution in [0.3, 0.4) is 0 Å². The quantitative estimate of drug-likeness (QED) is 0.734. The third kappa shape index (κ3) is 2.71. The average molecular weight is 199 g/mol. The van der Waals surface area contributed by atoms with Crippen LogP contribution in [0.1, 0.15) is 40.5 Å². The van der Waals surface area contributed by atoms with Gasteiger partial charge in [0, 0.05) is 18.6 Å². The predicted octanol–water partition coefficient (Wildman–Crippen LogP) is 2.44. The lowest BCUT2D eigenvalue weighted by atomic mass is 9.75. The van der Waals surface area contributed by atoms with Gasteiger partial charge in [-0.05, 0) is 32.2 Å². The van der Waals surface area contributed by atoms with Gasteiger partial charge in [-0.25, -0.2) is 0 Å². The first-order valence-electron chi connectivity index (χ1n) is 5.93. The molecule has 1 heterocycles. The van der Waals surface area contributed by atoms with Crippen LogP contribution < -0.4 is 5.32 Å². The third-order valence-corrected chi connectivity index (χ3v) is 3.37. The molecule has 2 unspecified atom stereocenters. The first-order valence-corrected chi connectivity index (χ1v) is 5.93. The summed E-state index contributed by atoms with van der Waals surface area (Å²) in [5, 5.41) is 3.49. The second-order valence-electron chi connectivity index (χ2n) is 5.00. The van der Waals surface area contributed by atoms with Gasteiger partial charge in [0.05, 0.1) is 6.10 Å². The van der Waals surface area contributed by atoms with Gasteiger partial charge in [0.2, 0.25) is 0 Å². The van der Waals surface area contributed by atoms with E-state index in [0.29, 0.717) is 11.5 Å². The Morgan fingerprint density at radius 3 is 2.64 bits per heavy atom. The van der Waals surface area contributed by atoms with Crippen LogP contribution >= 0.6 is 0 Å². The van der Waals surface area contributed by atoms with E-state index < -0.39 is 0 Å². The van der Waals surface area contributed by atoms with Gasteiger partial charge in [-0.3, -0.25) is 0 Å². The van der Waals surface area contributed by atoms with Gasteiger partial charge in [0.15, 0.2) is 0 Å². The van der Waals surface area contributed by atoms with Crippen molar-refractivity contribution in [3.8, 4) is 0 Å². The molecule has 0 saturated carbocycles. The van der Waals surface area contributed by atoms with E-state index in [9.17, 15) is 0 Å². The Balaban J connectivity index is 2.58. The van der Waals surface area contributed by atoms with Gasteiger partial charge >= 0.3 is 0 Å². The maximum atomic E-state index is 5.73. The largest absolute Gasteiger partial charge is 0.378 e. The fourth-order valence-electron chi connectivity index (χ4n) is 2.58. The molecule has 0 spiro atoms. The molecule has 1 aliphatic rings. The lowest BCUT2D eigenvalue weighted by Gasteiger charge is -2.34. The summed E-state index contributed by atoms with van der Waals surface area (Å²) in [6.45, 7) is 12.1. The van der Waals surface area contributed by atoms with Crippen molar-refractivity contribution in [3.05, 3.63) is 0 Å². The molecule has 1 saturated heterocycles. The van der Waals surface area contributed by atoms with Crippen LogP contribution in [-0.2, 0) is 4.74 Å². The third-order valence-electron chi connectivity index (χ3n) is 3.37. The van der Waals surface area contributed by atoms with Crippen molar-refractivity contribution >= 4 is 0 Å². The molecule has 1 N–H and O–H groups in total. The van der Waals surface area contributed by atoms with Crippen LogP contribution in [0.25, 0.3) is 0 Å². The van der Waals surface area contributed by atoms with Crippen LogP contribution in [0.4, 0.5) is 0 Å². The number of ether oxygens (including phenoxy) is 1. The van der Waals surface area contributed by atoms with Crippen LogP contribution in [0.15, 0.2) is 0 Å². The molecular formula is C12H25NO. The first kappa shape index (κ1) is 12.0. The van der Waals surface area contributed by atoms with E-state index in [1.807, 2.05) is 0 Å². The highest BCUT2D eigenvalue weighted by molar-refractivity contribution is 4.91. The molecule has 1 rings (SSSR count). The van der Waals surface area contributed by atoms with Gasteiger partial charge in [-0.2, -0.15) is 0 Å². The van der Waals surface area contributed by atoms with Gasteiger partial charge in [0.25, 0.3) is 0 Å². The Labute approximate surface area is 88.4 Å². The minimum absolute atomic E-state index is 0.393. The molecule has 2 atom stereocenters.